The third kappa shape index (κ3) is 3.59. The molecule has 4 aliphatic carbocycles. The maximum atomic E-state index is 13.9. The van der Waals surface area contributed by atoms with Gasteiger partial charge in [0.05, 0.1) is 6.10 Å². The van der Waals surface area contributed by atoms with E-state index < -0.39 is 6.10 Å². The zero-order chi connectivity index (χ0) is 26.3. The first kappa shape index (κ1) is 25.4. The van der Waals surface area contributed by atoms with Crippen molar-refractivity contribution < 1.29 is 19.4 Å². The molecule has 2 saturated heterocycles. The van der Waals surface area contributed by atoms with Gasteiger partial charge in [-0.25, -0.2) is 0 Å². The number of likely N-dealkylation sites (tertiary alicyclic amines) is 1. The Balaban J connectivity index is 1.18. The Bertz CT molecular complexity index is 1060. The predicted molar refractivity (Wildman–Crippen MR) is 147 cm³/mol. The van der Waals surface area contributed by atoms with Crippen LogP contribution in [0.3, 0.4) is 0 Å². The van der Waals surface area contributed by atoms with Crippen LogP contribution in [0.1, 0.15) is 85.0 Å². The summed E-state index contributed by atoms with van der Waals surface area (Å²) in [5.41, 5.74) is 0.00645. The Morgan fingerprint density at radius 1 is 0.974 bits per heavy atom. The number of benzene rings is 1. The van der Waals surface area contributed by atoms with Gasteiger partial charge >= 0.3 is 0 Å². The van der Waals surface area contributed by atoms with Crippen molar-refractivity contribution in [2.75, 3.05) is 13.2 Å². The highest BCUT2D eigenvalue weighted by molar-refractivity contribution is 5.82. The Labute approximate surface area is 228 Å². The fourth-order valence-electron chi connectivity index (χ4n) is 10.6. The summed E-state index contributed by atoms with van der Waals surface area (Å²) >= 11 is 0. The van der Waals surface area contributed by atoms with E-state index in [1.165, 1.54) is 19.3 Å². The molecule has 11 atom stereocenters. The second-order valence-corrected chi connectivity index (χ2v) is 14.5. The molecule has 38 heavy (non-hydrogen) atoms. The van der Waals surface area contributed by atoms with Gasteiger partial charge in [-0.15, -0.1) is 0 Å². The van der Waals surface area contributed by atoms with Gasteiger partial charge in [-0.3, -0.25) is 4.79 Å². The summed E-state index contributed by atoms with van der Waals surface area (Å²) in [6.45, 7) is 9.07. The van der Waals surface area contributed by atoms with Crippen LogP contribution >= 0.6 is 0 Å². The van der Waals surface area contributed by atoms with Crippen LogP contribution in [0.15, 0.2) is 30.3 Å². The first-order valence-electron chi connectivity index (χ1n) is 15.6. The van der Waals surface area contributed by atoms with E-state index in [-0.39, 0.29) is 34.5 Å². The van der Waals surface area contributed by atoms with Gasteiger partial charge in [0.1, 0.15) is 18.0 Å². The molecule has 0 aromatic heterocycles. The summed E-state index contributed by atoms with van der Waals surface area (Å²) in [6.07, 6.45) is 9.95. The Hall–Kier alpha value is -1.59. The highest BCUT2D eigenvalue weighted by Crippen LogP contribution is 2.71. The fourth-order valence-corrected chi connectivity index (χ4v) is 10.6. The van der Waals surface area contributed by atoms with Crippen molar-refractivity contribution in [1.82, 2.24) is 4.90 Å². The van der Waals surface area contributed by atoms with Gasteiger partial charge in [0.15, 0.2) is 0 Å². The second kappa shape index (κ2) is 8.96. The summed E-state index contributed by atoms with van der Waals surface area (Å²) in [5, 5.41) is 11.3. The van der Waals surface area contributed by atoms with Gasteiger partial charge in [-0.05, 0) is 118 Å². The lowest BCUT2D eigenvalue weighted by atomic mass is 9.39. The van der Waals surface area contributed by atoms with Crippen LogP contribution in [0, 0.1) is 40.4 Å². The summed E-state index contributed by atoms with van der Waals surface area (Å²) in [5.74, 6) is 4.48. The highest BCUT2D eigenvalue weighted by atomic mass is 16.5. The molecule has 5 heteroatoms. The quantitative estimate of drug-likeness (QED) is 0.543. The average Bonchev–Trinajstić information content (AvgIpc) is 3.71. The zero-order valence-corrected chi connectivity index (χ0v) is 23.6. The number of para-hydroxylation sites is 1. The van der Waals surface area contributed by atoms with Crippen molar-refractivity contribution in [2.24, 2.45) is 40.4 Å². The van der Waals surface area contributed by atoms with Crippen LogP contribution in [0.25, 0.3) is 0 Å². The number of fused-ring (bicyclic) bond motifs is 7. The number of hydrogen-bond acceptors (Lipinski definition) is 4. The van der Waals surface area contributed by atoms with Gasteiger partial charge < -0.3 is 19.5 Å². The molecule has 0 spiro atoms. The smallest absolute Gasteiger partial charge is 0.252 e. The first-order valence-corrected chi connectivity index (χ1v) is 15.6. The predicted octanol–water partition coefficient (Wildman–Crippen LogP) is 5.84. The second-order valence-electron chi connectivity index (χ2n) is 14.5. The third-order valence-corrected chi connectivity index (χ3v) is 12.9. The van der Waals surface area contributed by atoms with Crippen LogP contribution in [0.4, 0.5) is 0 Å². The van der Waals surface area contributed by atoms with Gasteiger partial charge in [0.25, 0.3) is 5.91 Å². The molecule has 7 rings (SSSR count). The van der Waals surface area contributed by atoms with Crippen molar-refractivity contribution >= 4 is 5.91 Å². The van der Waals surface area contributed by atoms with E-state index in [9.17, 15) is 9.90 Å². The van der Waals surface area contributed by atoms with Gasteiger partial charge in [0.2, 0.25) is 0 Å². The summed E-state index contributed by atoms with van der Waals surface area (Å²) in [4.78, 5) is 16.2. The number of carbonyl (C=O) groups is 1. The van der Waals surface area contributed by atoms with Gasteiger partial charge in [-0.1, -0.05) is 32.0 Å². The molecule has 5 nitrogen and oxygen atoms in total. The number of ether oxygens (including phenoxy) is 2. The molecule has 1 aromatic carbocycles. The molecule has 1 unspecified atom stereocenters. The number of hydrogen-bond donors (Lipinski definition) is 1. The van der Waals surface area contributed by atoms with E-state index in [0.29, 0.717) is 23.7 Å². The van der Waals surface area contributed by atoms with E-state index in [1.54, 1.807) is 0 Å². The largest absolute Gasteiger partial charge is 0.487 e. The van der Waals surface area contributed by atoms with Gasteiger partial charge in [0, 0.05) is 24.1 Å². The SMILES string of the molecule is CC12CC[C@H](O)[C@H](Oc3ccccc3)[C@]1(C)CC[C@H]1[C@@H]3[C@@H]4C[C@@H]4CN(C(=O)[C@H]4CCCCO4)[C@@]3(C)CC[C@@H]12. The molecule has 6 fully saturated rings. The Morgan fingerprint density at radius 3 is 2.53 bits per heavy atom. The molecular weight excluding hydrogens is 474 g/mol. The molecule has 0 radical (unpaired) electrons. The van der Waals surface area contributed by atoms with E-state index >= 15 is 0 Å². The number of piperidine rings is 1. The maximum Gasteiger partial charge on any atom is 0.252 e. The normalized spacial score (nSPS) is 49.6. The van der Waals surface area contributed by atoms with Crippen molar-refractivity contribution in [3.8, 4) is 5.75 Å². The molecule has 208 valence electrons. The van der Waals surface area contributed by atoms with E-state index in [1.807, 2.05) is 30.3 Å². The van der Waals surface area contributed by atoms with Gasteiger partial charge in [-0.2, -0.15) is 0 Å². The molecular formula is C33H47NO4. The molecule has 1 amide bonds. The molecule has 1 N–H and O–H groups in total. The zero-order valence-electron chi connectivity index (χ0n) is 23.6. The monoisotopic (exact) mass is 521 g/mol. The van der Waals surface area contributed by atoms with Crippen molar-refractivity contribution in [1.29, 1.82) is 0 Å². The van der Waals surface area contributed by atoms with E-state index in [4.69, 9.17) is 9.47 Å². The minimum Gasteiger partial charge on any atom is -0.487 e. The average molecular weight is 522 g/mol. The fraction of sp³-hybridized carbons (Fsp3) is 0.788. The number of rotatable bonds is 3. The highest BCUT2D eigenvalue weighted by Gasteiger charge is 2.70. The lowest BCUT2D eigenvalue weighted by Crippen LogP contribution is -2.69. The van der Waals surface area contributed by atoms with Crippen molar-refractivity contribution in [3.05, 3.63) is 30.3 Å². The molecule has 0 bridgehead atoms. The topological polar surface area (TPSA) is 59.0 Å². The van der Waals surface area contributed by atoms with Crippen LogP contribution in [-0.2, 0) is 9.53 Å². The molecule has 6 aliphatic rings. The summed E-state index contributed by atoms with van der Waals surface area (Å²) in [6, 6.07) is 10.1. The maximum absolute atomic E-state index is 13.9. The van der Waals surface area contributed by atoms with Crippen LogP contribution in [-0.4, -0.2) is 52.9 Å². The molecule has 2 aliphatic heterocycles. The van der Waals surface area contributed by atoms with Crippen molar-refractivity contribution in [3.63, 3.8) is 0 Å². The lowest BCUT2D eigenvalue weighted by Gasteiger charge is -2.68. The minimum atomic E-state index is -0.426. The molecule has 4 saturated carbocycles. The number of aliphatic hydroxyl groups excluding tert-OH is 1. The van der Waals surface area contributed by atoms with Crippen LogP contribution < -0.4 is 4.74 Å². The van der Waals surface area contributed by atoms with E-state index in [2.05, 4.69) is 25.7 Å². The standard InChI is InChI=1S/C33H47NO4/c1-31-16-14-26(35)29(38-22-9-5-4-6-10-22)32(31,2)15-12-23-25(31)13-17-33(3)28(23)24-19-21(24)20-34(33)30(36)27-11-7-8-18-37-27/h4-6,9-10,21,23-29,35H,7-8,11-20H2,1-3H3/t21-,23-,24-,25+,26+,27-,28-,29+,31?,32+,33+/m1/s1. The lowest BCUT2D eigenvalue weighted by molar-refractivity contribution is -0.224. The van der Waals surface area contributed by atoms with Crippen LogP contribution in [0.2, 0.25) is 0 Å². The number of carbonyl (C=O) groups excluding carboxylic acids is 1. The Morgan fingerprint density at radius 2 is 1.76 bits per heavy atom. The summed E-state index contributed by atoms with van der Waals surface area (Å²) in [7, 11) is 0. The minimum absolute atomic E-state index is 0.0467. The summed E-state index contributed by atoms with van der Waals surface area (Å²) < 4.78 is 12.7. The number of nitrogens with zero attached hydrogens (tertiary/aromatic N) is 1. The first-order chi connectivity index (χ1) is 18.3. The van der Waals surface area contributed by atoms with Crippen LogP contribution in [0.5, 0.6) is 5.75 Å². The third-order valence-electron chi connectivity index (χ3n) is 12.9. The van der Waals surface area contributed by atoms with Crippen molar-refractivity contribution in [2.45, 2.75) is 109 Å². The van der Waals surface area contributed by atoms with E-state index in [0.717, 1.165) is 69.8 Å². The Kier molecular flexibility index (Phi) is 5.98. The molecule has 1 aromatic rings. The number of aliphatic hydroxyl groups is 1. The number of amides is 1. The molecule has 2 heterocycles.